The van der Waals surface area contributed by atoms with E-state index < -0.39 is 0 Å². The molecule has 142 valence electrons. The van der Waals surface area contributed by atoms with Gasteiger partial charge in [-0.05, 0) is 31.0 Å². The van der Waals surface area contributed by atoms with E-state index in [2.05, 4.69) is 36.2 Å². The molecule has 3 heterocycles. The fourth-order valence-electron chi connectivity index (χ4n) is 2.74. The topological polar surface area (TPSA) is 121 Å². The maximum atomic E-state index is 12.1. The Labute approximate surface area is 157 Å². The average molecular weight is 369 g/mol. The summed E-state index contributed by atoms with van der Waals surface area (Å²) >= 11 is 0. The summed E-state index contributed by atoms with van der Waals surface area (Å²) in [6, 6.07) is 5.63. The first-order valence-corrected chi connectivity index (χ1v) is 8.90. The Hall–Kier alpha value is -3.23. The lowest BCUT2D eigenvalue weighted by atomic mass is 9.98. The van der Waals surface area contributed by atoms with E-state index in [1.165, 1.54) is 6.33 Å². The van der Waals surface area contributed by atoms with Crippen LogP contribution in [0, 0.1) is 12.8 Å². The van der Waals surface area contributed by atoms with Gasteiger partial charge < -0.3 is 21.3 Å². The number of amides is 2. The number of anilines is 3. The summed E-state index contributed by atoms with van der Waals surface area (Å²) in [4.78, 5) is 35.8. The second-order valence-electron chi connectivity index (χ2n) is 6.39. The molecule has 1 fully saturated rings. The summed E-state index contributed by atoms with van der Waals surface area (Å²) in [5.74, 6) is 1.82. The first kappa shape index (κ1) is 18.6. The van der Waals surface area contributed by atoms with Gasteiger partial charge in [-0.25, -0.2) is 15.0 Å². The number of aryl methyl sites for hydroxylation is 1. The molecule has 0 bridgehead atoms. The summed E-state index contributed by atoms with van der Waals surface area (Å²) < 4.78 is 0. The van der Waals surface area contributed by atoms with E-state index in [1.807, 2.05) is 19.1 Å². The molecule has 2 aromatic heterocycles. The largest absolute Gasteiger partial charge is 0.368 e. The zero-order valence-electron chi connectivity index (χ0n) is 15.2. The van der Waals surface area contributed by atoms with Crippen LogP contribution in [0.1, 0.15) is 18.4 Å². The number of hydrogen-bond acceptors (Lipinski definition) is 7. The van der Waals surface area contributed by atoms with Crippen LogP contribution in [-0.2, 0) is 9.59 Å². The Morgan fingerprint density at radius 3 is 2.78 bits per heavy atom. The third-order valence-electron chi connectivity index (χ3n) is 4.21. The van der Waals surface area contributed by atoms with E-state index in [0.29, 0.717) is 49.9 Å². The molecule has 3 rings (SSSR count). The molecule has 2 amide bonds. The van der Waals surface area contributed by atoms with E-state index in [4.69, 9.17) is 0 Å². The van der Waals surface area contributed by atoms with Crippen molar-refractivity contribution < 1.29 is 9.59 Å². The molecule has 1 aliphatic rings. The minimum atomic E-state index is -0.153. The molecule has 1 saturated heterocycles. The highest BCUT2D eigenvalue weighted by Crippen LogP contribution is 2.15. The van der Waals surface area contributed by atoms with E-state index in [-0.39, 0.29) is 17.7 Å². The number of aromatic nitrogens is 3. The van der Waals surface area contributed by atoms with Crippen molar-refractivity contribution in [2.45, 2.75) is 19.8 Å². The minimum Gasteiger partial charge on any atom is -0.368 e. The SMILES string of the molecule is Cc1ccnc(Nc2cc(NCCNC(=O)C3CCC(=O)NC3)ncn2)c1. The van der Waals surface area contributed by atoms with Crippen molar-refractivity contribution in [2.75, 3.05) is 30.3 Å². The molecule has 9 heteroatoms. The van der Waals surface area contributed by atoms with Gasteiger partial charge in [0.1, 0.15) is 23.8 Å². The molecule has 0 radical (unpaired) electrons. The van der Waals surface area contributed by atoms with Crippen LogP contribution in [0.15, 0.2) is 30.7 Å². The predicted molar refractivity (Wildman–Crippen MR) is 102 cm³/mol. The van der Waals surface area contributed by atoms with E-state index in [0.717, 1.165) is 5.56 Å². The minimum absolute atomic E-state index is 0.00903. The standard InChI is InChI=1S/C18H23N7O2/c1-12-4-5-19-15(8-12)25-16-9-14(23-11-24-16)20-6-7-21-18(27)13-2-3-17(26)22-10-13/h4-5,8-9,11,13H,2-3,6-7,10H2,1H3,(H,21,27)(H,22,26)(H2,19,20,23,24,25). The van der Waals surface area contributed by atoms with Crippen molar-refractivity contribution >= 4 is 29.3 Å². The van der Waals surface area contributed by atoms with Gasteiger partial charge in [-0.15, -0.1) is 0 Å². The van der Waals surface area contributed by atoms with Crippen molar-refractivity contribution in [1.29, 1.82) is 0 Å². The third kappa shape index (κ3) is 5.63. The summed E-state index contributed by atoms with van der Waals surface area (Å²) in [6.07, 6.45) is 4.20. The van der Waals surface area contributed by atoms with Gasteiger partial charge in [-0.2, -0.15) is 0 Å². The van der Waals surface area contributed by atoms with Crippen LogP contribution in [0.3, 0.4) is 0 Å². The fourth-order valence-corrected chi connectivity index (χ4v) is 2.74. The Morgan fingerprint density at radius 1 is 1.19 bits per heavy atom. The molecule has 1 unspecified atom stereocenters. The van der Waals surface area contributed by atoms with Gasteiger partial charge in [0.25, 0.3) is 0 Å². The van der Waals surface area contributed by atoms with Crippen molar-refractivity contribution in [3.63, 3.8) is 0 Å². The molecule has 27 heavy (non-hydrogen) atoms. The van der Waals surface area contributed by atoms with E-state index in [1.54, 1.807) is 12.3 Å². The first-order valence-electron chi connectivity index (χ1n) is 8.90. The van der Waals surface area contributed by atoms with Crippen molar-refractivity contribution in [3.05, 3.63) is 36.3 Å². The van der Waals surface area contributed by atoms with E-state index in [9.17, 15) is 9.59 Å². The van der Waals surface area contributed by atoms with Crippen LogP contribution in [0.5, 0.6) is 0 Å². The highest BCUT2D eigenvalue weighted by Gasteiger charge is 2.23. The number of nitrogens with one attached hydrogen (secondary N) is 4. The molecule has 0 aliphatic carbocycles. The molecule has 0 saturated carbocycles. The normalized spacial score (nSPS) is 16.3. The lowest BCUT2D eigenvalue weighted by Crippen LogP contribution is -2.43. The average Bonchev–Trinajstić information content (AvgIpc) is 2.66. The number of piperidine rings is 1. The number of hydrogen-bond donors (Lipinski definition) is 4. The van der Waals surface area contributed by atoms with Crippen LogP contribution >= 0.6 is 0 Å². The van der Waals surface area contributed by atoms with Crippen LogP contribution in [-0.4, -0.2) is 46.4 Å². The Bertz CT molecular complexity index is 802. The maximum absolute atomic E-state index is 12.1. The molecule has 9 nitrogen and oxygen atoms in total. The van der Waals surface area contributed by atoms with Gasteiger partial charge >= 0.3 is 0 Å². The lowest BCUT2D eigenvalue weighted by molar-refractivity contribution is -0.128. The van der Waals surface area contributed by atoms with Crippen molar-refractivity contribution in [1.82, 2.24) is 25.6 Å². The quantitative estimate of drug-likeness (QED) is 0.537. The van der Waals surface area contributed by atoms with Gasteiger partial charge in [-0.3, -0.25) is 9.59 Å². The molecule has 1 aliphatic heterocycles. The Kier molecular flexibility index (Phi) is 6.14. The van der Waals surface area contributed by atoms with Gasteiger partial charge in [0, 0.05) is 38.3 Å². The van der Waals surface area contributed by atoms with Gasteiger partial charge in [-0.1, -0.05) is 0 Å². The third-order valence-corrected chi connectivity index (χ3v) is 4.21. The maximum Gasteiger partial charge on any atom is 0.224 e. The summed E-state index contributed by atoms with van der Waals surface area (Å²) in [5.41, 5.74) is 1.10. The summed E-state index contributed by atoms with van der Waals surface area (Å²) in [5, 5.41) is 11.9. The zero-order valence-corrected chi connectivity index (χ0v) is 15.2. The van der Waals surface area contributed by atoms with Crippen LogP contribution in [0.4, 0.5) is 17.5 Å². The second kappa shape index (κ2) is 8.93. The lowest BCUT2D eigenvalue weighted by Gasteiger charge is -2.21. The first-order chi connectivity index (χ1) is 13.1. The number of rotatable bonds is 7. The Balaban J connectivity index is 1.43. The van der Waals surface area contributed by atoms with Crippen molar-refractivity contribution in [2.24, 2.45) is 5.92 Å². The molecular formula is C18H23N7O2. The predicted octanol–water partition coefficient (Wildman–Crippen LogP) is 0.978. The van der Waals surface area contributed by atoms with Crippen LogP contribution in [0.2, 0.25) is 0 Å². The monoisotopic (exact) mass is 369 g/mol. The van der Waals surface area contributed by atoms with Gasteiger partial charge in [0.05, 0.1) is 5.92 Å². The second-order valence-corrected chi connectivity index (χ2v) is 6.39. The van der Waals surface area contributed by atoms with Gasteiger partial charge in [0.2, 0.25) is 11.8 Å². The molecule has 1 atom stereocenters. The molecule has 2 aromatic rings. The smallest absolute Gasteiger partial charge is 0.224 e. The van der Waals surface area contributed by atoms with E-state index >= 15 is 0 Å². The summed E-state index contributed by atoms with van der Waals surface area (Å²) in [6.45, 7) is 3.40. The number of carbonyl (C=O) groups excluding carboxylic acids is 2. The summed E-state index contributed by atoms with van der Waals surface area (Å²) in [7, 11) is 0. The molecular weight excluding hydrogens is 346 g/mol. The van der Waals surface area contributed by atoms with Crippen LogP contribution in [0.25, 0.3) is 0 Å². The molecule has 0 spiro atoms. The number of pyridine rings is 1. The number of carbonyl (C=O) groups is 2. The van der Waals surface area contributed by atoms with Crippen molar-refractivity contribution in [3.8, 4) is 0 Å². The zero-order chi connectivity index (χ0) is 19.1. The highest BCUT2D eigenvalue weighted by molar-refractivity contribution is 5.83. The molecule has 4 N–H and O–H groups in total. The fraction of sp³-hybridized carbons (Fsp3) is 0.389. The number of nitrogens with zero attached hydrogens (tertiary/aromatic N) is 3. The highest BCUT2D eigenvalue weighted by atomic mass is 16.2. The molecule has 0 aromatic carbocycles. The van der Waals surface area contributed by atoms with Crippen LogP contribution < -0.4 is 21.3 Å². The Morgan fingerprint density at radius 2 is 2.00 bits per heavy atom. The van der Waals surface area contributed by atoms with Gasteiger partial charge in [0.15, 0.2) is 0 Å².